The molecule has 0 aliphatic carbocycles. The summed E-state index contributed by atoms with van der Waals surface area (Å²) in [4.78, 5) is 17.1. The number of Topliss-reactive ketones (excluding diaryl/α,β-unsaturated/α-hetero) is 1. The van der Waals surface area contributed by atoms with Crippen LogP contribution in [0.1, 0.15) is 30.4 Å². The van der Waals surface area contributed by atoms with Crippen molar-refractivity contribution in [3.05, 3.63) is 71.8 Å². The second-order valence-corrected chi connectivity index (χ2v) is 8.04. The van der Waals surface area contributed by atoms with Crippen LogP contribution in [0.4, 0.5) is 0 Å². The van der Waals surface area contributed by atoms with E-state index in [-0.39, 0.29) is 18.3 Å². The van der Waals surface area contributed by atoms with Crippen molar-refractivity contribution >= 4 is 16.8 Å². The summed E-state index contributed by atoms with van der Waals surface area (Å²) in [6, 6.07) is 19.7. The number of aromatic nitrogens is 3. The molecule has 0 spiro atoms. The van der Waals surface area contributed by atoms with Crippen LogP contribution in [0.2, 0.25) is 0 Å². The summed E-state index contributed by atoms with van der Waals surface area (Å²) in [5, 5.41) is 5.53. The Hall–Kier alpha value is -3.67. The van der Waals surface area contributed by atoms with Crippen molar-refractivity contribution in [3.8, 4) is 22.9 Å². The molecule has 0 amide bonds. The molecule has 0 aliphatic rings. The Labute approximate surface area is 187 Å². The Morgan fingerprint density at radius 2 is 1.81 bits per heavy atom. The van der Waals surface area contributed by atoms with Gasteiger partial charge >= 0.3 is 0 Å². The van der Waals surface area contributed by atoms with E-state index in [0.717, 1.165) is 28.0 Å². The van der Waals surface area contributed by atoms with Crippen LogP contribution in [0.25, 0.3) is 22.3 Å². The molecule has 164 valence electrons. The van der Waals surface area contributed by atoms with E-state index in [2.05, 4.69) is 48.2 Å². The van der Waals surface area contributed by atoms with Crippen LogP contribution in [-0.2, 0) is 11.8 Å². The van der Waals surface area contributed by atoms with E-state index < -0.39 is 0 Å². The zero-order chi connectivity index (χ0) is 22.7. The molecule has 0 N–H and O–H groups in total. The van der Waals surface area contributed by atoms with Crippen molar-refractivity contribution in [3.63, 3.8) is 0 Å². The molecule has 1 atom stereocenters. The monoisotopic (exact) mass is 429 g/mol. The summed E-state index contributed by atoms with van der Waals surface area (Å²) in [5.74, 6) is 1.34. The molecular formula is C26H27N3O3. The van der Waals surface area contributed by atoms with E-state index in [1.165, 1.54) is 5.56 Å². The zero-order valence-electron chi connectivity index (χ0n) is 18.8. The number of nitrogens with zero attached hydrogens (tertiary/aromatic N) is 3. The summed E-state index contributed by atoms with van der Waals surface area (Å²) >= 11 is 0. The third-order valence-corrected chi connectivity index (χ3v) is 5.58. The number of methoxy groups -OCH3 is 1. The van der Waals surface area contributed by atoms with Gasteiger partial charge in [0.05, 0.1) is 7.11 Å². The van der Waals surface area contributed by atoms with Gasteiger partial charge in [-0.2, -0.15) is 10.1 Å². The Kier molecular flexibility index (Phi) is 6.21. The van der Waals surface area contributed by atoms with Crippen LogP contribution >= 0.6 is 0 Å². The number of pyridine rings is 1. The third-order valence-electron chi connectivity index (χ3n) is 5.58. The van der Waals surface area contributed by atoms with Crippen molar-refractivity contribution in [2.24, 2.45) is 7.05 Å². The Morgan fingerprint density at radius 1 is 1.06 bits per heavy atom. The molecular weight excluding hydrogens is 402 g/mol. The molecule has 32 heavy (non-hydrogen) atoms. The molecule has 2 heterocycles. The molecule has 0 bridgehead atoms. The lowest BCUT2D eigenvalue weighted by Gasteiger charge is -2.12. The highest BCUT2D eigenvalue weighted by atomic mass is 16.5. The average molecular weight is 430 g/mol. The third kappa shape index (κ3) is 4.49. The van der Waals surface area contributed by atoms with Crippen molar-refractivity contribution in [2.75, 3.05) is 13.7 Å². The maximum absolute atomic E-state index is 12.5. The van der Waals surface area contributed by atoms with Gasteiger partial charge in [-0.15, -0.1) is 0 Å². The van der Waals surface area contributed by atoms with Crippen LogP contribution in [0, 0.1) is 6.92 Å². The zero-order valence-corrected chi connectivity index (χ0v) is 18.8. The molecule has 0 unspecified atom stereocenters. The minimum absolute atomic E-state index is 0.00801. The van der Waals surface area contributed by atoms with Gasteiger partial charge in [0.25, 0.3) is 0 Å². The first-order chi connectivity index (χ1) is 15.5. The largest absolute Gasteiger partial charge is 0.496 e. The lowest BCUT2D eigenvalue weighted by molar-refractivity contribution is -0.121. The SMILES string of the molecule is COc1ccccc1-c1nn(C)c2nc(OCC(=O)C[C@@H](C)c3ccc(C)cc3)ccc12. The van der Waals surface area contributed by atoms with Gasteiger partial charge < -0.3 is 9.47 Å². The molecule has 6 heteroatoms. The second kappa shape index (κ2) is 9.22. The maximum Gasteiger partial charge on any atom is 0.215 e. The average Bonchev–Trinajstić information content (AvgIpc) is 3.13. The highest BCUT2D eigenvalue weighted by Crippen LogP contribution is 2.34. The second-order valence-electron chi connectivity index (χ2n) is 8.04. The molecule has 0 fully saturated rings. The molecule has 2 aromatic heterocycles. The molecule has 0 saturated carbocycles. The molecule has 4 aromatic rings. The lowest BCUT2D eigenvalue weighted by atomic mass is 9.95. The normalized spacial score (nSPS) is 12.0. The van der Waals surface area contributed by atoms with Crippen molar-refractivity contribution in [2.45, 2.75) is 26.2 Å². The van der Waals surface area contributed by atoms with Gasteiger partial charge in [-0.3, -0.25) is 4.79 Å². The number of ether oxygens (including phenoxy) is 2. The number of fused-ring (bicyclic) bond motifs is 1. The quantitative estimate of drug-likeness (QED) is 0.390. The summed E-state index contributed by atoms with van der Waals surface area (Å²) in [7, 11) is 3.48. The fraction of sp³-hybridized carbons (Fsp3) is 0.269. The number of hydrogen-bond acceptors (Lipinski definition) is 5. The van der Waals surface area contributed by atoms with Crippen LogP contribution in [0.3, 0.4) is 0 Å². The first kappa shape index (κ1) is 21.6. The van der Waals surface area contributed by atoms with E-state index in [1.807, 2.05) is 37.4 Å². The van der Waals surface area contributed by atoms with Gasteiger partial charge in [-0.05, 0) is 36.6 Å². The summed E-state index contributed by atoms with van der Waals surface area (Å²) in [6.45, 7) is 4.10. The minimum Gasteiger partial charge on any atom is -0.496 e. The standard InChI is InChI=1S/C26H27N3O3/c1-17-9-11-19(12-10-17)18(2)15-20(30)16-32-24-14-13-22-25(28-29(3)26(22)27-24)21-7-5-6-8-23(21)31-4/h5-14,18H,15-16H2,1-4H3/t18-/m1/s1. The Bertz CT molecular complexity index is 1250. The number of aryl methyl sites for hydroxylation is 2. The molecule has 0 aliphatic heterocycles. The van der Waals surface area contributed by atoms with Gasteiger partial charge in [0.15, 0.2) is 11.4 Å². The van der Waals surface area contributed by atoms with E-state index in [9.17, 15) is 4.79 Å². The first-order valence-corrected chi connectivity index (χ1v) is 10.6. The van der Waals surface area contributed by atoms with Crippen LogP contribution in [0.15, 0.2) is 60.7 Å². The Balaban J connectivity index is 1.47. The number of ketones is 1. The van der Waals surface area contributed by atoms with Crippen molar-refractivity contribution in [1.29, 1.82) is 0 Å². The summed E-state index contributed by atoms with van der Waals surface area (Å²) in [5.41, 5.74) is 4.74. The minimum atomic E-state index is -0.00801. The fourth-order valence-electron chi connectivity index (χ4n) is 3.80. The number of hydrogen-bond donors (Lipinski definition) is 0. The topological polar surface area (TPSA) is 66.2 Å². The van der Waals surface area contributed by atoms with E-state index >= 15 is 0 Å². The smallest absolute Gasteiger partial charge is 0.215 e. The van der Waals surface area contributed by atoms with E-state index in [1.54, 1.807) is 17.9 Å². The molecule has 6 nitrogen and oxygen atoms in total. The first-order valence-electron chi connectivity index (χ1n) is 10.6. The predicted octanol–water partition coefficient (Wildman–Crippen LogP) is 5.09. The van der Waals surface area contributed by atoms with Gasteiger partial charge in [0.2, 0.25) is 5.88 Å². The number of carbonyl (C=O) groups is 1. The lowest BCUT2D eigenvalue weighted by Crippen LogP contribution is -2.14. The Morgan fingerprint density at radius 3 is 2.56 bits per heavy atom. The van der Waals surface area contributed by atoms with Gasteiger partial charge in [0.1, 0.15) is 18.1 Å². The molecule has 4 rings (SSSR count). The van der Waals surface area contributed by atoms with Crippen LogP contribution in [0.5, 0.6) is 11.6 Å². The van der Waals surface area contributed by atoms with Gasteiger partial charge in [-0.25, -0.2) is 4.68 Å². The number of rotatable bonds is 8. The number of carbonyl (C=O) groups excluding carboxylic acids is 1. The molecule has 0 saturated heterocycles. The van der Waals surface area contributed by atoms with E-state index in [0.29, 0.717) is 17.9 Å². The van der Waals surface area contributed by atoms with Crippen LogP contribution in [-0.4, -0.2) is 34.3 Å². The van der Waals surface area contributed by atoms with E-state index in [4.69, 9.17) is 9.47 Å². The van der Waals surface area contributed by atoms with Crippen molar-refractivity contribution < 1.29 is 14.3 Å². The molecule has 2 aromatic carbocycles. The maximum atomic E-state index is 12.5. The highest BCUT2D eigenvalue weighted by molar-refractivity contribution is 5.93. The summed E-state index contributed by atoms with van der Waals surface area (Å²) < 4.78 is 12.9. The number of benzene rings is 2. The van der Waals surface area contributed by atoms with Crippen molar-refractivity contribution in [1.82, 2.24) is 14.8 Å². The highest BCUT2D eigenvalue weighted by Gasteiger charge is 2.17. The molecule has 0 radical (unpaired) electrons. The fourth-order valence-corrected chi connectivity index (χ4v) is 3.80. The summed E-state index contributed by atoms with van der Waals surface area (Å²) in [6.07, 6.45) is 0.426. The van der Waals surface area contributed by atoms with Gasteiger partial charge in [-0.1, -0.05) is 48.9 Å². The predicted molar refractivity (Wildman–Crippen MR) is 125 cm³/mol. The number of para-hydroxylation sites is 1. The van der Waals surface area contributed by atoms with Gasteiger partial charge in [0, 0.05) is 30.5 Å². The van der Waals surface area contributed by atoms with Crippen LogP contribution < -0.4 is 9.47 Å².